The van der Waals surface area contributed by atoms with Crippen molar-refractivity contribution in [3.63, 3.8) is 0 Å². The van der Waals surface area contributed by atoms with Gasteiger partial charge < -0.3 is 9.84 Å². The number of esters is 1. The van der Waals surface area contributed by atoms with Crippen LogP contribution in [0.2, 0.25) is 0 Å². The lowest BCUT2D eigenvalue weighted by Gasteiger charge is -2.55. The molecule has 3 atom stereocenters. The Labute approximate surface area is 142 Å². The van der Waals surface area contributed by atoms with Crippen LogP contribution in [-0.2, 0) is 9.53 Å². The van der Waals surface area contributed by atoms with Crippen molar-refractivity contribution >= 4 is 28.6 Å². The number of rotatable bonds is 4. The number of ether oxygens (including phenoxy) is 1. The van der Waals surface area contributed by atoms with Crippen molar-refractivity contribution in [2.75, 3.05) is 0 Å². The molecule has 1 N–H and O–H groups in total. The summed E-state index contributed by atoms with van der Waals surface area (Å²) in [6, 6.07) is 0. The minimum Gasteiger partial charge on any atom is -0.458 e. The van der Waals surface area contributed by atoms with Crippen LogP contribution in [0.5, 0.6) is 0 Å². The molecule has 2 saturated carbocycles. The molecule has 0 aromatic rings. The van der Waals surface area contributed by atoms with Crippen molar-refractivity contribution in [2.24, 2.45) is 11.8 Å². The van der Waals surface area contributed by atoms with Gasteiger partial charge in [-0.2, -0.15) is 0 Å². The fourth-order valence-corrected chi connectivity index (χ4v) is 4.37. The number of halogens is 1. The first-order valence-corrected chi connectivity index (χ1v) is 9.39. The van der Waals surface area contributed by atoms with E-state index in [2.05, 4.69) is 36.4 Å². The van der Waals surface area contributed by atoms with E-state index in [1.165, 1.54) is 6.42 Å². The molecule has 2 fully saturated rings. The molecular formula is C17H29IO3. The molecule has 4 heteroatoms. The molecule has 122 valence electrons. The maximum absolute atomic E-state index is 12.4. The van der Waals surface area contributed by atoms with Crippen LogP contribution < -0.4 is 0 Å². The van der Waals surface area contributed by atoms with E-state index in [0.29, 0.717) is 0 Å². The molecule has 0 amide bonds. The quantitative estimate of drug-likeness (QED) is 0.430. The van der Waals surface area contributed by atoms with Gasteiger partial charge >= 0.3 is 5.97 Å². The summed E-state index contributed by atoms with van der Waals surface area (Å²) in [4.78, 5) is 12.4. The van der Waals surface area contributed by atoms with Gasteiger partial charge in [0.15, 0.2) is 0 Å². The second-order valence-corrected chi connectivity index (χ2v) is 9.85. The van der Waals surface area contributed by atoms with Crippen LogP contribution in [0.15, 0.2) is 0 Å². The summed E-state index contributed by atoms with van der Waals surface area (Å²) in [5.41, 5.74) is -0.946. The SMILES string of the molecule is CCC(C)(I)C(=O)OC1(C)CC2CCCC(C1)C2(O)CC. The van der Waals surface area contributed by atoms with Crippen LogP contribution >= 0.6 is 22.6 Å². The van der Waals surface area contributed by atoms with Gasteiger partial charge in [0, 0.05) is 0 Å². The van der Waals surface area contributed by atoms with Crippen molar-refractivity contribution in [1.29, 1.82) is 0 Å². The number of alkyl halides is 1. The van der Waals surface area contributed by atoms with E-state index in [1.54, 1.807) is 0 Å². The highest BCUT2D eigenvalue weighted by atomic mass is 127. The molecule has 0 aliphatic heterocycles. The lowest BCUT2D eigenvalue weighted by atomic mass is 9.56. The second kappa shape index (κ2) is 5.99. The molecule has 2 bridgehead atoms. The van der Waals surface area contributed by atoms with E-state index < -0.39 is 14.6 Å². The van der Waals surface area contributed by atoms with Crippen LogP contribution in [-0.4, -0.2) is 25.7 Å². The Morgan fingerprint density at radius 3 is 2.29 bits per heavy atom. The first-order chi connectivity index (χ1) is 9.67. The van der Waals surface area contributed by atoms with Crippen LogP contribution in [0.1, 0.15) is 72.6 Å². The Bertz CT molecular complexity index is 391. The van der Waals surface area contributed by atoms with Crippen molar-refractivity contribution in [3.8, 4) is 0 Å². The zero-order valence-electron chi connectivity index (χ0n) is 13.7. The molecule has 0 heterocycles. The normalized spacial score (nSPS) is 42.2. The number of carbonyl (C=O) groups is 1. The average Bonchev–Trinajstić information content (AvgIpc) is 2.40. The standard InChI is InChI=1S/C17H29IO3/c1-5-16(4,18)14(19)21-15(3)10-12-8-7-9-13(11-15)17(12,20)6-2/h12-13,20H,5-11H2,1-4H3. The third-order valence-corrected chi connectivity index (χ3v) is 7.07. The zero-order chi connectivity index (χ0) is 15.9. The molecule has 2 rings (SSSR count). The number of carbonyl (C=O) groups excluding carboxylic acids is 1. The van der Waals surface area contributed by atoms with Gasteiger partial charge in [-0.3, -0.25) is 4.79 Å². The highest BCUT2D eigenvalue weighted by Gasteiger charge is 2.55. The second-order valence-electron chi connectivity index (χ2n) is 7.47. The Kier molecular flexibility index (Phi) is 4.99. The number of hydrogen-bond acceptors (Lipinski definition) is 3. The van der Waals surface area contributed by atoms with Gasteiger partial charge in [-0.05, 0) is 64.2 Å². The van der Waals surface area contributed by atoms with Gasteiger partial charge in [-0.15, -0.1) is 0 Å². The van der Waals surface area contributed by atoms with Crippen LogP contribution in [0.3, 0.4) is 0 Å². The zero-order valence-corrected chi connectivity index (χ0v) is 15.9. The van der Waals surface area contributed by atoms with Crippen LogP contribution in [0.4, 0.5) is 0 Å². The third kappa shape index (κ3) is 3.26. The maximum Gasteiger partial charge on any atom is 0.322 e. The van der Waals surface area contributed by atoms with Gasteiger partial charge in [-0.1, -0.05) is 42.9 Å². The maximum atomic E-state index is 12.4. The Morgan fingerprint density at radius 1 is 1.33 bits per heavy atom. The minimum absolute atomic E-state index is 0.104. The highest BCUT2D eigenvalue weighted by molar-refractivity contribution is 14.1. The van der Waals surface area contributed by atoms with Gasteiger partial charge in [0.2, 0.25) is 0 Å². The van der Waals surface area contributed by atoms with E-state index >= 15 is 0 Å². The molecule has 2 aliphatic rings. The van der Waals surface area contributed by atoms with Crippen molar-refractivity contribution < 1.29 is 14.6 Å². The fourth-order valence-electron chi connectivity index (χ4n) is 4.26. The minimum atomic E-state index is -0.539. The molecule has 0 aromatic heterocycles. The summed E-state index contributed by atoms with van der Waals surface area (Å²) in [5.74, 6) is 0.442. The third-order valence-electron chi connectivity index (χ3n) is 5.87. The van der Waals surface area contributed by atoms with Crippen molar-refractivity contribution in [1.82, 2.24) is 0 Å². The predicted octanol–water partition coefficient (Wildman–Crippen LogP) is 4.24. The molecule has 0 saturated heterocycles. The van der Waals surface area contributed by atoms with Crippen LogP contribution in [0, 0.1) is 11.8 Å². The summed E-state index contributed by atoms with van der Waals surface area (Å²) < 4.78 is 5.50. The molecule has 2 aliphatic carbocycles. The predicted molar refractivity (Wildman–Crippen MR) is 92.5 cm³/mol. The highest BCUT2D eigenvalue weighted by Crippen LogP contribution is 2.53. The lowest BCUT2D eigenvalue weighted by molar-refractivity contribution is -0.198. The van der Waals surface area contributed by atoms with Gasteiger partial charge in [-0.25, -0.2) is 0 Å². The lowest BCUT2D eigenvalue weighted by Crippen LogP contribution is -2.58. The molecule has 3 nitrogen and oxygen atoms in total. The summed E-state index contributed by atoms with van der Waals surface area (Å²) in [6.07, 6.45) is 6.50. The smallest absolute Gasteiger partial charge is 0.322 e. The monoisotopic (exact) mass is 408 g/mol. The molecular weight excluding hydrogens is 379 g/mol. The average molecular weight is 408 g/mol. The van der Waals surface area contributed by atoms with E-state index in [-0.39, 0.29) is 17.8 Å². The summed E-state index contributed by atoms with van der Waals surface area (Å²) >= 11 is 2.19. The largest absolute Gasteiger partial charge is 0.458 e. The van der Waals surface area contributed by atoms with E-state index in [4.69, 9.17) is 4.74 Å². The van der Waals surface area contributed by atoms with E-state index in [1.807, 2.05) is 13.8 Å². The Hall–Kier alpha value is 0.160. The number of aliphatic hydroxyl groups is 1. The van der Waals surface area contributed by atoms with Crippen molar-refractivity contribution in [2.45, 2.75) is 87.3 Å². The first kappa shape index (κ1) is 17.5. The molecule has 21 heavy (non-hydrogen) atoms. The molecule has 0 spiro atoms. The molecule has 3 unspecified atom stereocenters. The Morgan fingerprint density at radius 2 is 1.86 bits per heavy atom. The molecule has 0 aromatic carbocycles. The number of hydrogen-bond donors (Lipinski definition) is 1. The fraction of sp³-hybridized carbons (Fsp3) is 0.941. The van der Waals surface area contributed by atoms with E-state index in [9.17, 15) is 9.90 Å². The van der Waals surface area contributed by atoms with Crippen LogP contribution in [0.25, 0.3) is 0 Å². The topological polar surface area (TPSA) is 46.5 Å². The van der Waals surface area contributed by atoms with Gasteiger partial charge in [0.1, 0.15) is 9.02 Å². The van der Waals surface area contributed by atoms with Gasteiger partial charge in [0.25, 0.3) is 0 Å². The molecule has 0 radical (unpaired) electrons. The first-order valence-electron chi connectivity index (χ1n) is 8.31. The van der Waals surface area contributed by atoms with Crippen molar-refractivity contribution in [3.05, 3.63) is 0 Å². The number of fused-ring (bicyclic) bond motifs is 2. The summed E-state index contributed by atoms with van der Waals surface area (Å²) in [6.45, 7) is 8.10. The summed E-state index contributed by atoms with van der Waals surface area (Å²) in [7, 11) is 0. The van der Waals surface area contributed by atoms with Gasteiger partial charge in [0.05, 0.1) is 5.60 Å². The summed E-state index contributed by atoms with van der Waals surface area (Å²) in [5, 5.41) is 11.0. The Balaban J connectivity index is 2.14. The van der Waals surface area contributed by atoms with E-state index in [0.717, 1.165) is 38.5 Å².